The molecule has 0 bridgehead atoms. The fourth-order valence-electron chi connectivity index (χ4n) is 3.46. The number of anilines is 1. The summed E-state index contributed by atoms with van der Waals surface area (Å²) in [4.78, 5) is 0. The van der Waals surface area contributed by atoms with Crippen molar-refractivity contribution in [2.75, 3.05) is 11.9 Å². The first kappa shape index (κ1) is 9.29. The van der Waals surface area contributed by atoms with Gasteiger partial charge in [-0.3, -0.25) is 0 Å². The first-order valence-electron chi connectivity index (χ1n) is 6.34. The standard InChI is InChI=1S/C16H15N/c1-2-6-13-11(5-1)9-12-10-17-15-8-4-3-7-14(15)16(12)13/h1-8,12,16-17H,9-10H2. The van der Waals surface area contributed by atoms with Crippen LogP contribution in [0.25, 0.3) is 0 Å². The molecule has 2 atom stereocenters. The van der Waals surface area contributed by atoms with E-state index in [-0.39, 0.29) is 0 Å². The Morgan fingerprint density at radius 2 is 1.65 bits per heavy atom. The van der Waals surface area contributed by atoms with Gasteiger partial charge in [0.15, 0.2) is 0 Å². The highest BCUT2D eigenvalue weighted by molar-refractivity contribution is 5.60. The fraction of sp³-hybridized carbons (Fsp3) is 0.250. The van der Waals surface area contributed by atoms with Gasteiger partial charge in [-0.15, -0.1) is 0 Å². The Balaban J connectivity index is 1.92. The second kappa shape index (κ2) is 3.36. The zero-order valence-electron chi connectivity index (χ0n) is 9.69. The topological polar surface area (TPSA) is 12.0 Å². The molecule has 2 aromatic carbocycles. The molecule has 0 radical (unpaired) electrons. The highest BCUT2D eigenvalue weighted by atomic mass is 14.9. The van der Waals surface area contributed by atoms with E-state index in [1.165, 1.54) is 17.7 Å². The normalized spacial score (nSPS) is 24.5. The summed E-state index contributed by atoms with van der Waals surface area (Å²) >= 11 is 0. The molecule has 2 aliphatic rings. The summed E-state index contributed by atoms with van der Waals surface area (Å²) < 4.78 is 0. The molecule has 0 aromatic heterocycles. The van der Waals surface area contributed by atoms with Crippen LogP contribution in [-0.4, -0.2) is 6.54 Å². The lowest BCUT2D eigenvalue weighted by molar-refractivity contribution is 0.516. The zero-order valence-corrected chi connectivity index (χ0v) is 9.69. The van der Waals surface area contributed by atoms with Gasteiger partial charge in [0, 0.05) is 18.2 Å². The highest BCUT2D eigenvalue weighted by Gasteiger charge is 2.36. The van der Waals surface area contributed by atoms with Crippen LogP contribution in [-0.2, 0) is 6.42 Å². The van der Waals surface area contributed by atoms with Crippen LogP contribution in [0.2, 0.25) is 0 Å². The van der Waals surface area contributed by atoms with Gasteiger partial charge >= 0.3 is 0 Å². The predicted molar refractivity (Wildman–Crippen MR) is 70.4 cm³/mol. The Morgan fingerprint density at radius 1 is 0.882 bits per heavy atom. The summed E-state index contributed by atoms with van der Waals surface area (Å²) in [7, 11) is 0. The summed E-state index contributed by atoms with van der Waals surface area (Å²) in [5.41, 5.74) is 5.90. The van der Waals surface area contributed by atoms with E-state index in [1.807, 2.05) is 0 Å². The van der Waals surface area contributed by atoms with Gasteiger partial charge in [-0.2, -0.15) is 0 Å². The molecule has 1 heteroatoms. The lowest BCUT2D eigenvalue weighted by Gasteiger charge is -2.30. The largest absolute Gasteiger partial charge is 0.384 e. The molecular weight excluding hydrogens is 206 g/mol. The van der Waals surface area contributed by atoms with E-state index in [0.717, 1.165) is 12.5 Å². The Morgan fingerprint density at radius 3 is 2.59 bits per heavy atom. The van der Waals surface area contributed by atoms with Crippen molar-refractivity contribution in [2.24, 2.45) is 5.92 Å². The summed E-state index contributed by atoms with van der Waals surface area (Å²) in [6.45, 7) is 1.11. The number of hydrogen-bond acceptors (Lipinski definition) is 1. The summed E-state index contributed by atoms with van der Waals surface area (Å²) in [6.07, 6.45) is 1.22. The van der Waals surface area contributed by atoms with Gasteiger partial charge in [0.1, 0.15) is 0 Å². The average molecular weight is 221 g/mol. The van der Waals surface area contributed by atoms with Crippen molar-refractivity contribution >= 4 is 5.69 Å². The summed E-state index contributed by atoms with van der Waals surface area (Å²) in [5, 5.41) is 3.57. The SMILES string of the molecule is c1ccc2c(c1)CC1CNc3ccccc3C21. The van der Waals surface area contributed by atoms with Gasteiger partial charge in [0.25, 0.3) is 0 Å². The lowest BCUT2D eigenvalue weighted by Crippen LogP contribution is -2.25. The second-order valence-electron chi connectivity index (χ2n) is 5.11. The minimum absolute atomic E-state index is 0.614. The molecule has 1 heterocycles. The molecule has 4 rings (SSSR count). The number of para-hydroxylation sites is 1. The van der Waals surface area contributed by atoms with Crippen molar-refractivity contribution in [3.05, 3.63) is 65.2 Å². The fourth-order valence-corrected chi connectivity index (χ4v) is 3.46. The second-order valence-corrected chi connectivity index (χ2v) is 5.11. The first-order valence-corrected chi connectivity index (χ1v) is 6.34. The van der Waals surface area contributed by atoms with Crippen molar-refractivity contribution in [1.29, 1.82) is 0 Å². The zero-order chi connectivity index (χ0) is 11.2. The molecule has 1 aliphatic carbocycles. The van der Waals surface area contributed by atoms with E-state index in [1.54, 1.807) is 11.1 Å². The molecule has 2 unspecified atom stereocenters. The van der Waals surface area contributed by atoms with Crippen LogP contribution in [0.1, 0.15) is 22.6 Å². The molecule has 0 amide bonds. The maximum absolute atomic E-state index is 3.57. The van der Waals surface area contributed by atoms with E-state index in [2.05, 4.69) is 53.8 Å². The van der Waals surface area contributed by atoms with Gasteiger partial charge in [0.2, 0.25) is 0 Å². The van der Waals surface area contributed by atoms with Gasteiger partial charge in [0.05, 0.1) is 0 Å². The maximum atomic E-state index is 3.57. The van der Waals surface area contributed by atoms with Gasteiger partial charge in [-0.1, -0.05) is 42.5 Å². The molecule has 2 aromatic rings. The third-order valence-electron chi connectivity index (χ3n) is 4.19. The smallest absolute Gasteiger partial charge is 0.0379 e. The van der Waals surface area contributed by atoms with Crippen molar-refractivity contribution in [3.8, 4) is 0 Å². The monoisotopic (exact) mass is 221 g/mol. The molecule has 0 spiro atoms. The van der Waals surface area contributed by atoms with Gasteiger partial charge in [-0.25, -0.2) is 0 Å². The number of fused-ring (bicyclic) bond motifs is 5. The number of hydrogen-bond donors (Lipinski definition) is 1. The van der Waals surface area contributed by atoms with Crippen LogP contribution < -0.4 is 5.32 Å². The summed E-state index contributed by atoms with van der Waals surface area (Å²) in [6, 6.07) is 17.7. The maximum Gasteiger partial charge on any atom is 0.0379 e. The molecule has 1 aliphatic heterocycles. The van der Waals surface area contributed by atoms with E-state index in [9.17, 15) is 0 Å². The molecule has 17 heavy (non-hydrogen) atoms. The Hall–Kier alpha value is -1.76. The van der Waals surface area contributed by atoms with Gasteiger partial charge in [-0.05, 0) is 35.1 Å². The highest BCUT2D eigenvalue weighted by Crippen LogP contribution is 2.47. The molecular formula is C16H15N. The Labute approximate surface area is 101 Å². The number of rotatable bonds is 0. The molecule has 1 nitrogen and oxygen atoms in total. The van der Waals surface area contributed by atoms with Crippen LogP contribution in [0.3, 0.4) is 0 Å². The Bertz CT molecular complexity index is 573. The van der Waals surface area contributed by atoms with Crippen LogP contribution in [0, 0.1) is 5.92 Å². The third-order valence-corrected chi connectivity index (χ3v) is 4.19. The lowest BCUT2D eigenvalue weighted by atomic mass is 9.82. The van der Waals surface area contributed by atoms with Crippen molar-refractivity contribution in [3.63, 3.8) is 0 Å². The average Bonchev–Trinajstić information content (AvgIpc) is 2.77. The summed E-state index contributed by atoms with van der Waals surface area (Å²) in [5.74, 6) is 1.35. The van der Waals surface area contributed by atoms with Crippen molar-refractivity contribution in [2.45, 2.75) is 12.3 Å². The van der Waals surface area contributed by atoms with E-state index in [4.69, 9.17) is 0 Å². The number of benzene rings is 2. The van der Waals surface area contributed by atoms with Gasteiger partial charge < -0.3 is 5.32 Å². The van der Waals surface area contributed by atoms with Crippen LogP contribution in [0.4, 0.5) is 5.69 Å². The number of nitrogens with one attached hydrogen (secondary N) is 1. The van der Waals surface area contributed by atoms with Crippen molar-refractivity contribution < 1.29 is 0 Å². The predicted octanol–water partition coefficient (Wildman–Crippen LogP) is 3.42. The molecule has 0 saturated heterocycles. The van der Waals surface area contributed by atoms with Crippen LogP contribution >= 0.6 is 0 Å². The molecule has 1 N–H and O–H groups in total. The molecule has 0 saturated carbocycles. The van der Waals surface area contributed by atoms with E-state index in [0.29, 0.717) is 5.92 Å². The van der Waals surface area contributed by atoms with E-state index < -0.39 is 0 Å². The quantitative estimate of drug-likeness (QED) is 0.718. The van der Waals surface area contributed by atoms with Crippen molar-refractivity contribution in [1.82, 2.24) is 0 Å². The molecule has 0 fully saturated rings. The third kappa shape index (κ3) is 1.25. The molecule has 84 valence electrons. The minimum Gasteiger partial charge on any atom is -0.384 e. The van der Waals surface area contributed by atoms with Crippen LogP contribution in [0.15, 0.2) is 48.5 Å². The van der Waals surface area contributed by atoms with Crippen LogP contribution in [0.5, 0.6) is 0 Å². The Kier molecular flexibility index (Phi) is 1.84. The van der Waals surface area contributed by atoms with E-state index >= 15 is 0 Å². The minimum atomic E-state index is 0.614. The first-order chi connectivity index (χ1) is 8.43.